The second-order valence-corrected chi connectivity index (χ2v) is 3.87. The summed E-state index contributed by atoms with van der Waals surface area (Å²) >= 11 is 12.1. The normalized spacial score (nSPS) is 11.1. The van der Waals surface area contributed by atoms with E-state index < -0.39 is 0 Å². The lowest BCUT2D eigenvalue weighted by Crippen LogP contribution is -2.09. The van der Waals surface area contributed by atoms with E-state index in [1.807, 2.05) is 28.8 Å². The third-order valence-corrected chi connectivity index (χ3v) is 2.84. The van der Waals surface area contributed by atoms with E-state index in [9.17, 15) is 0 Å². The second kappa shape index (κ2) is 3.81. The summed E-state index contributed by atoms with van der Waals surface area (Å²) in [7, 11) is 0. The first kappa shape index (κ1) is 9.84. The Morgan fingerprint density at radius 1 is 1.29 bits per heavy atom. The van der Waals surface area contributed by atoms with Crippen molar-refractivity contribution >= 4 is 34.1 Å². The first-order valence-electron chi connectivity index (χ1n) is 4.37. The van der Waals surface area contributed by atoms with Crippen LogP contribution in [0.25, 0.3) is 10.9 Å². The Hall–Kier alpha value is -0.700. The molecule has 2 N–H and O–H groups in total. The molecule has 0 radical (unpaired) electrons. The van der Waals surface area contributed by atoms with Crippen LogP contribution in [0.15, 0.2) is 24.3 Å². The maximum atomic E-state index is 6.07. The van der Waals surface area contributed by atoms with Gasteiger partial charge in [0.2, 0.25) is 0 Å². The molecule has 0 fully saturated rings. The second-order valence-electron chi connectivity index (χ2n) is 3.08. The molecule has 2 rings (SSSR count). The van der Waals surface area contributed by atoms with Crippen LogP contribution in [0.5, 0.6) is 0 Å². The highest BCUT2D eigenvalue weighted by atomic mass is 35.5. The average molecular weight is 229 g/mol. The van der Waals surface area contributed by atoms with Crippen LogP contribution in [0.4, 0.5) is 0 Å². The number of nitrogens with zero attached hydrogens (tertiary/aromatic N) is 1. The Morgan fingerprint density at radius 2 is 2.07 bits per heavy atom. The molecular weight excluding hydrogens is 219 g/mol. The number of hydrogen-bond donors (Lipinski definition) is 1. The molecule has 0 bridgehead atoms. The zero-order valence-corrected chi connectivity index (χ0v) is 9.02. The van der Waals surface area contributed by atoms with Gasteiger partial charge < -0.3 is 10.3 Å². The maximum absolute atomic E-state index is 6.07. The van der Waals surface area contributed by atoms with Gasteiger partial charge in [-0.05, 0) is 18.2 Å². The van der Waals surface area contributed by atoms with Crippen LogP contribution < -0.4 is 5.73 Å². The minimum absolute atomic E-state index is 0.565. The summed E-state index contributed by atoms with van der Waals surface area (Å²) in [5.74, 6) is 0. The van der Waals surface area contributed by atoms with E-state index in [2.05, 4.69) is 0 Å². The first-order valence-corrected chi connectivity index (χ1v) is 5.13. The van der Waals surface area contributed by atoms with Gasteiger partial charge in [-0.2, -0.15) is 0 Å². The molecule has 2 nitrogen and oxygen atoms in total. The third kappa shape index (κ3) is 1.50. The Balaban J connectivity index is 2.70. The van der Waals surface area contributed by atoms with Gasteiger partial charge in [-0.3, -0.25) is 0 Å². The smallest absolute Gasteiger partial charge is 0.110 e. The van der Waals surface area contributed by atoms with E-state index in [4.69, 9.17) is 28.9 Å². The zero-order valence-electron chi connectivity index (χ0n) is 7.50. The SMILES string of the molecule is NCCn1c(Cl)cc2c(Cl)cccc21. The fourth-order valence-corrected chi connectivity index (χ4v) is 2.08. The summed E-state index contributed by atoms with van der Waals surface area (Å²) < 4.78 is 1.96. The summed E-state index contributed by atoms with van der Waals surface area (Å²) in [6, 6.07) is 7.62. The van der Waals surface area contributed by atoms with Gasteiger partial charge in [0.15, 0.2) is 0 Å². The van der Waals surface area contributed by atoms with E-state index in [-0.39, 0.29) is 0 Å². The van der Waals surface area contributed by atoms with Crippen LogP contribution >= 0.6 is 23.2 Å². The van der Waals surface area contributed by atoms with Gasteiger partial charge in [-0.25, -0.2) is 0 Å². The van der Waals surface area contributed by atoms with Crippen molar-refractivity contribution in [1.29, 1.82) is 0 Å². The molecule has 1 aromatic heterocycles. The van der Waals surface area contributed by atoms with Crippen LogP contribution in [0.1, 0.15) is 0 Å². The van der Waals surface area contributed by atoms with Crippen molar-refractivity contribution in [3.63, 3.8) is 0 Å². The standard InChI is InChI=1S/C10H10Cl2N2/c11-8-2-1-3-9-7(8)6-10(12)14(9)5-4-13/h1-3,6H,4-5,13H2. The minimum atomic E-state index is 0.565. The molecule has 1 aromatic carbocycles. The van der Waals surface area contributed by atoms with E-state index in [1.54, 1.807) is 0 Å². The van der Waals surface area contributed by atoms with Crippen LogP contribution in [0.2, 0.25) is 10.2 Å². The van der Waals surface area contributed by atoms with Crippen molar-refractivity contribution in [3.05, 3.63) is 34.4 Å². The van der Waals surface area contributed by atoms with E-state index in [1.165, 1.54) is 0 Å². The Bertz CT molecular complexity index is 462. The van der Waals surface area contributed by atoms with Gasteiger partial charge in [0.1, 0.15) is 5.15 Å². The van der Waals surface area contributed by atoms with Gasteiger partial charge in [-0.15, -0.1) is 0 Å². The molecule has 0 aliphatic carbocycles. The largest absolute Gasteiger partial charge is 0.330 e. The molecule has 0 atom stereocenters. The van der Waals surface area contributed by atoms with Crippen molar-refractivity contribution in [2.24, 2.45) is 5.73 Å². The maximum Gasteiger partial charge on any atom is 0.110 e. The van der Waals surface area contributed by atoms with Crippen molar-refractivity contribution in [3.8, 4) is 0 Å². The lowest BCUT2D eigenvalue weighted by molar-refractivity contribution is 0.736. The van der Waals surface area contributed by atoms with Gasteiger partial charge in [0, 0.05) is 23.5 Å². The Kier molecular flexibility index (Phi) is 2.68. The molecule has 0 spiro atoms. The van der Waals surface area contributed by atoms with Crippen molar-refractivity contribution in [2.45, 2.75) is 6.54 Å². The highest BCUT2D eigenvalue weighted by Crippen LogP contribution is 2.28. The quantitative estimate of drug-likeness (QED) is 0.843. The number of halogens is 2. The van der Waals surface area contributed by atoms with E-state index >= 15 is 0 Å². The van der Waals surface area contributed by atoms with Crippen molar-refractivity contribution < 1.29 is 0 Å². The van der Waals surface area contributed by atoms with Gasteiger partial charge in [-0.1, -0.05) is 29.3 Å². The molecule has 0 saturated heterocycles. The van der Waals surface area contributed by atoms with Crippen molar-refractivity contribution in [2.75, 3.05) is 6.54 Å². The highest BCUT2D eigenvalue weighted by molar-refractivity contribution is 6.37. The topological polar surface area (TPSA) is 30.9 Å². The van der Waals surface area contributed by atoms with Gasteiger partial charge in [0.25, 0.3) is 0 Å². The molecule has 4 heteroatoms. The fraction of sp³-hybridized carbons (Fsp3) is 0.200. The minimum Gasteiger partial charge on any atom is -0.330 e. The average Bonchev–Trinajstić information content (AvgIpc) is 2.47. The summed E-state index contributed by atoms with van der Waals surface area (Å²) in [5.41, 5.74) is 6.54. The number of hydrogen-bond acceptors (Lipinski definition) is 1. The molecule has 0 aliphatic rings. The van der Waals surface area contributed by atoms with Crippen LogP contribution in [-0.4, -0.2) is 11.1 Å². The summed E-state index contributed by atoms with van der Waals surface area (Å²) in [4.78, 5) is 0. The van der Waals surface area contributed by atoms with Crippen LogP contribution in [0, 0.1) is 0 Å². The predicted octanol–water partition coefficient (Wildman–Crippen LogP) is 2.91. The van der Waals surface area contributed by atoms with Crippen LogP contribution in [0.3, 0.4) is 0 Å². The molecule has 0 amide bonds. The number of fused-ring (bicyclic) bond motifs is 1. The summed E-state index contributed by atoms with van der Waals surface area (Å²) in [5, 5.41) is 2.38. The van der Waals surface area contributed by atoms with Crippen molar-refractivity contribution in [1.82, 2.24) is 4.57 Å². The first-order chi connectivity index (χ1) is 6.74. The predicted molar refractivity (Wildman–Crippen MR) is 61.0 cm³/mol. The molecule has 0 unspecified atom stereocenters. The Labute approximate surface area is 92.2 Å². The van der Waals surface area contributed by atoms with Crippen LogP contribution in [-0.2, 0) is 6.54 Å². The molecule has 0 aliphatic heterocycles. The Morgan fingerprint density at radius 3 is 2.79 bits per heavy atom. The zero-order chi connectivity index (χ0) is 10.1. The number of benzene rings is 1. The lowest BCUT2D eigenvalue weighted by atomic mass is 10.2. The molecule has 0 saturated carbocycles. The van der Waals surface area contributed by atoms with E-state index in [0.717, 1.165) is 15.9 Å². The number of rotatable bonds is 2. The van der Waals surface area contributed by atoms with Gasteiger partial charge in [0.05, 0.1) is 5.52 Å². The summed E-state index contributed by atoms with van der Waals surface area (Å²) in [6.45, 7) is 1.28. The molecule has 1 heterocycles. The van der Waals surface area contributed by atoms with Gasteiger partial charge >= 0.3 is 0 Å². The highest BCUT2D eigenvalue weighted by Gasteiger charge is 2.07. The molecule has 14 heavy (non-hydrogen) atoms. The summed E-state index contributed by atoms with van der Waals surface area (Å²) in [6.07, 6.45) is 0. The lowest BCUT2D eigenvalue weighted by Gasteiger charge is -2.04. The molecule has 2 aromatic rings. The fourth-order valence-electron chi connectivity index (χ4n) is 1.57. The number of nitrogens with two attached hydrogens (primary N) is 1. The number of aromatic nitrogens is 1. The third-order valence-electron chi connectivity index (χ3n) is 2.19. The molecule has 74 valence electrons. The van der Waals surface area contributed by atoms with E-state index in [0.29, 0.717) is 18.2 Å². The monoisotopic (exact) mass is 228 g/mol. The molecular formula is C10H10Cl2N2.